The molecule has 0 fully saturated rings. The van der Waals surface area contributed by atoms with Gasteiger partial charge in [-0.05, 0) is 25.5 Å². The third kappa shape index (κ3) is 3.63. The molecule has 124 valence electrons. The summed E-state index contributed by atoms with van der Waals surface area (Å²) in [5.41, 5.74) is 4.19. The molecule has 9 heteroatoms. The Balaban J connectivity index is 0.00000441. The Morgan fingerprint density at radius 2 is 1.95 bits per heavy atom. The Morgan fingerprint density at radius 1 is 1.41 bits per heavy atom. The molecule has 0 amide bonds. The lowest BCUT2D eigenvalue weighted by Gasteiger charge is -2.24. The van der Waals surface area contributed by atoms with Gasteiger partial charge in [0.15, 0.2) is 0 Å². The van der Waals surface area contributed by atoms with E-state index in [2.05, 4.69) is 4.74 Å². The van der Waals surface area contributed by atoms with Crippen LogP contribution in [0.2, 0.25) is 0 Å². The van der Waals surface area contributed by atoms with Crippen molar-refractivity contribution in [3.63, 3.8) is 0 Å². The molecule has 0 saturated heterocycles. The molecule has 0 aromatic heterocycles. The number of nitrogens with two attached hydrogens (primary N) is 1. The van der Waals surface area contributed by atoms with Crippen molar-refractivity contribution in [2.75, 3.05) is 6.61 Å². The van der Waals surface area contributed by atoms with Crippen molar-refractivity contribution in [3.8, 4) is 5.75 Å². The molecule has 1 aromatic carbocycles. The molecule has 0 aliphatic heterocycles. The van der Waals surface area contributed by atoms with E-state index in [-0.39, 0.29) is 24.6 Å². The summed E-state index contributed by atoms with van der Waals surface area (Å²) in [5, 5.41) is 18.9. The number of phenolic OH excluding ortho intramolecular Hbond substituents is 1. The molecule has 0 aliphatic rings. The SMILES string of the molecule is CCOC(=O)C(F)(F)[C@H](N)c1c(C(=O)O)ccc(C)c1O.Cl. The molecule has 1 aromatic rings. The van der Waals surface area contributed by atoms with Crippen LogP contribution in [0.25, 0.3) is 0 Å². The number of aromatic hydroxyl groups is 1. The van der Waals surface area contributed by atoms with Crippen LogP contribution < -0.4 is 5.73 Å². The molecule has 0 saturated carbocycles. The Bertz CT molecular complexity index is 580. The van der Waals surface area contributed by atoms with Gasteiger partial charge in [0.25, 0.3) is 0 Å². The van der Waals surface area contributed by atoms with Crippen molar-refractivity contribution < 1.29 is 33.3 Å². The van der Waals surface area contributed by atoms with Gasteiger partial charge in [0.05, 0.1) is 12.2 Å². The standard InChI is InChI=1S/C13H15F2NO5.ClH/c1-3-21-12(20)13(14,15)10(16)8-7(11(18)19)5-4-6(2)9(8)17;/h4-5,10,17H,3,16H2,1-2H3,(H,18,19);1H/t10-;/m1./s1. The summed E-state index contributed by atoms with van der Waals surface area (Å²) in [6, 6.07) is -0.0618. The number of rotatable bonds is 5. The summed E-state index contributed by atoms with van der Waals surface area (Å²) in [6.07, 6.45) is 0. The molecule has 1 rings (SSSR count). The topological polar surface area (TPSA) is 110 Å². The van der Waals surface area contributed by atoms with Crippen LogP contribution in [-0.4, -0.2) is 34.7 Å². The number of hydrogen-bond donors (Lipinski definition) is 3. The zero-order chi connectivity index (χ0) is 16.4. The zero-order valence-corrected chi connectivity index (χ0v) is 12.6. The van der Waals surface area contributed by atoms with Crippen LogP contribution in [0.15, 0.2) is 12.1 Å². The van der Waals surface area contributed by atoms with Gasteiger partial charge in [-0.15, -0.1) is 12.4 Å². The lowest BCUT2D eigenvalue weighted by atomic mass is 9.93. The van der Waals surface area contributed by atoms with E-state index in [0.29, 0.717) is 0 Å². The maximum atomic E-state index is 13.9. The number of phenols is 1. The predicted molar refractivity (Wildman–Crippen MR) is 75.6 cm³/mol. The normalized spacial score (nSPS) is 12.2. The van der Waals surface area contributed by atoms with Crippen LogP contribution in [-0.2, 0) is 9.53 Å². The van der Waals surface area contributed by atoms with Crippen LogP contribution in [0.1, 0.15) is 34.5 Å². The van der Waals surface area contributed by atoms with Crippen molar-refractivity contribution in [3.05, 3.63) is 28.8 Å². The van der Waals surface area contributed by atoms with Crippen LogP contribution in [0.3, 0.4) is 0 Å². The van der Waals surface area contributed by atoms with Crippen LogP contribution in [0.5, 0.6) is 5.75 Å². The smallest absolute Gasteiger partial charge is 0.379 e. The van der Waals surface area contributed by atoms with Gasteiger partial charge in [0.2, 0.25) is 0 Å². The number of aromatic carboxylic acids is 1. The van der Waals surface area contributed by atoms with Crippen molar-refractivity contribution in [2.24, 2.45) is 5.73 Å². The molecule has 1 atom stereocenters. The first kappa shape index (κ1) is 20.1. The van der Waals surface area contributed by atoms with Crippen molar-refractivity contribution >= 4 is 24.3 Å². The number of carbonyl (C=O) groups excluding carboxylic acids is 1. The molecule has 4 N–H and O–H groups in total. The Labute approximate surface area is 131 Å². The number of carboxylic acid groups (broad SMARTS) is 1. The van der Waals surface area contributed by atoms with E-state index >= 15 is 0 Å². The van der Waals surface area contributed by atoms with Crippen LogP contribution in [0.4, 0.5) is 8.78 Å². The Morgan fingerprint density at radius 3 is 2.41 bits per heavy atom. The summed E-state index contributed by atoms with van der Waals surface area (Å²) in [5.74, 6) is -8.29. The average Bonchev–Trinajstić information content (AvgIpc) is 2.40. The van der Waals surface area contributed by atoms with E-state index in [9.17, 15) is 23.5 Å². The third-order valence-electron chi connectivity index (χ3n) is 2.90. The number of hydrogen-bond acceptors (Lipinski definition) is 5. The third-order valence-corrected chi connectivity index (χ3v) is 2.90. The van der Waals surface area contributed by atoms with Crippen molar-refractivity contribution in [1.29, 1.82) is 0 Å². The number of halogens is 3. The second-order valence-corrected chi connectivity index (χ2v) is 4.32. The maximum Gasteiger partial charge on any atom is 0.379 e. The molecule has 22 heavy (non-hydrogen) atoms. The van der Waals surface area contributed by atoms with E-state index in [0.717, 1.165) is 6.07 Å². The molecule has 0 aliphatic carbocycles. The molecular weight excluding hydrogens is 324 g/mol. The minimum Gasteiger partial charge on any atom is -0.507 e. The minimum atomic E-state index is -4.18. The summed E-state index contributed by atoms with van der Waals surface area (Å²) in [7, 11) is 0. The molecule has 0 heterocycles. The molecule has 0 unspecified atom stereocenters. The number of ether oxygens (including phenoxy) is 1. The Hall–Kier alpha value is -1.93. The average molecular weight is 340 g/mol. The lowest BCUT2D eigenvalue weighted by molar-refractivity contribution is -0.174. The first-order valence-electron chi connectivity index (χ1n) is 6.00. The van der Waals surface area contributed by atoms with Gasteiger partial charge >= 0.3 is 17.9 Å². The summed E-state index contributed by atoms with van der Waals surface area (Å²) >= 11 is 0. The number of carbonyl (C=O) groups is 2. The molecule has 0 bridgehead atoms. The fourth-order valence-corrected chi connectivity index (χ4v) is 1.75. The number of benzene rings is 1. The fourth-order valence-electron chi connectivity index (χ4n) is 1.75. The van der Waals surface area contributed by atoms with E-state index in [1.165, 1.54) is 19.9 Å². The van der Waals surface area contributed by atoms with Crippen molar-refractivity contribution in [1.82, 2.24) is 0 Å². The van der Waals surface area contributed by atoms with Gasteiger partial charge in [0, 0.05) is 5.56 Å². The fraction of sp³-hybridized carbons (Fsp3) is 0.385. The number of alkyl halides is 2. The summed E-state index contributed by atoms with van der Waals surface area (Å²) < 4.78 is 32.1. The lowest BCUT2D eigenvalue weighted by Crippen LogP contribution is -2.42. The van der Waals surface area contributed by atoms with Crippen LogP contribution in [0, 0.1) is 6.92 Å². The highest BCUT2D eigenvalue weighted by Crippen LogP contribution is 2.38. The molecule has 6 nitrogen and oxygen atoms in total. The summed E-state index contributed by atoms with van der Waals surface area (Å²) in [6.45, 7) is 2.44. The van der Waals surface area contributed by atoms with E-state index in [4.69, 9.17) is 10.8 Å². The van der Waals surface area contributed by atoms with Gasteiger partial charge in [-0.2, -0.15) is 8.78 Å². The molecular formula is C13H16ClF2NO5. The zero-order valence-electron chi connectivity index (χ0n) is 11.8. The first-order valence-corrected chi connectivity index (χ1v) is 6.00. The second kappa shape index (κ2) is 7.37. The van der Waals surface area contributed by atoms with Crippen LogP contribution >= 0.6 is 12.4 Å². The highest BCUT2D eigenvalue weighted by Gasteiger charge is 2.49. The molecule has 0 spiro atoms. The largest absolute Gasteiger partial charge is 0.507 e. The summed E-state index contributed by atoms with van der Waals surface area (Å²) in [4.78, 5) is 22.4. The highest BCUT2D eigenvalue weighted by atomic mass is 35.5. The quantitative estimate of drug-likeness (QED) is 0.708. The van der Waals surface area contributed by atoms with Gasteiger partial charge < -0.3 is 20.7 Å². The maximum absolute atomic E-state index is 13.9. The van der Waals surface area contributed by atoms with E-state index in [1.807, 2.05) is 0 Å². The number of esters is 1. The van der Waals surface area contributed by atoms with Gasteiger partial charge in [0.1, 0.15) is 11.8 Å². The highest BCUT2D eigenvalue weighted by molar-refractivity contribution is 5.91. The van der Waals surface area contributed by atoms with Gasteiger partial charge in [-0.1, -0.05) is 6.07 Å². The number of aryl methyl sites for hydroxylation is 1. The van der Waals surface area contributed by atoms with Crippen molar-refractivity contribution in [2.45, 2.75) is 25.8 Å². The Kier molecular flexibility index (Phi) is 6.72. The minimum absolute atomic E-state index is 0. The number of carboxylic acids is 1. The second-order valence-electron chi connectivity index (χ2n) is 4.32. The monoisotopic (exact) mass is 339 g/mol. The molecule has 0 radical (unpaired) electrons. The van der Waals surface area contributed by atoms with E-state index in [1.54, 1.807) is 0 Å². The van der Waals surface area contributed by atoms with Gasteiger partial charge in [-0.3, -0.25) is 0 Å². The predicted octanol–water partition coefficient (Wildman–Crippen LogP) is 2.02. The first-order chi connectivity index (χ1) is 9.64. The van der Waals surface area contributed by atoms with E-state index < -0.39 is 40.8 Å². The van der Waals surface area contributed by atoms with Gasteiger partial charge in [-0.25, -0.2) is 9.59 Å².